The summed E-state index contributed by atoms with van der Waals surface area (Å²) < 4.78 is 28.6. The molecule has 1 saturated heterocycles. The molecule has 1 aromatic carbocycles. The van der Waals surface area contributed by atoms with Gasteiger partial charge in [0.05, 0.1) is 0 Å². The molecule has 2 nitrogen and oxygen atoms in total. The first-order chi connectivity index (χ1) is 7.74. The monoisotopic (exact) mass is 225 g/mol. The van der Waals surface area contributed by atoms with Gasteiger partial charge in [0.2, 0.25) is 0 Å². The van der Waals surface area contributed by atoms with Crippen molar-refractivity contribution < 1.29 is 13.5 Å². The number of hydrogen-bond acceptors (Lipinski definition) is 2. The van der Waals surface area contributed by atoms with Gasteiger partial charge in [-0.3, -0.25) is 0 Å². The first kappa shape index (κ1) is 10.0. The Bertz CT molecular complexity index is 408. The van der Waals surface area contributed by atoms with Crippen LogP contribution in [0.4, 0.5) is 8.78 Å². The Morgan fingerprint density at radius 3 is 3.00 bits per heavy atom. The van der Waals surface area contributed by atoms with Crippen LogP contribution >= 0.6 is 0 Å². The maximum atomic E-state index is 12.1. The Hall–Kier alpha value is -1.16. The zero-order valence-electron chi connectivity index (χ0n) is 8.75. The van der Waals surface area contributed by atoms with Gasteiger partial charge in [-0.1, -0.05) is 6.07 Å². The van der Waals surface area contributed by atoms with E-state index in [4.69, 9.17) is 0 Å². The Labute approximate surface area is 92.6 Å². The molecule has 3 rings (SSSR count). The minimum absolute atomic E-state index is 0.279. The molecular formula is C12H13F2NO. The number of ether oxygens (including phenoxy) is 1. The van der Waals surface area contributed by atoms with E-state index >= 15 is 0 Å². The molecule has 1 aromatic rings. The van der Waals surface area contributed by atoms with E-state index in [2.05, 4.69) is 10.1 Å². The summed E-state index contributed by atoms with van der Waals surface area (Å²) in [5, 5.41) is 3.44. The Morgan fingerprint density at radius 1 is 1.31 bits per heavy atom. The molecule has 1 heterocycles. The predicted octanol–water partition coefficient (Wildman–Crippen LogP) is 2.81. The standard InChI is InChI=1S/C12H13F2NO/c13-12(14)16-8-1-2-9-10(6-8)7-3-4-15-11(9)5-7/h1-2,6-7,11-12,15H,3-5H2/t7?,11-/m0/s1. The predicted molar refractivity (Wildman–Crippen MR) is 55.8 cm³/mol. The second-order valence-electron chi connectivity index (χ2n) is 4.40. The molecule has 0 amide bonds. The number of alkyl halides is 2. The van der Waals surface area contributed by atoms with E-state index in [1.54, 1.807) is 12.1 Å². The number of nitrogens with one attached hydrogen (secondary N) is 1. The Morgan fingerprint density at radius 2 is 2.19 bits per heavy atom. The second kappa shape index (κ2) is 3.70. The molecule has 1 N–H and O–H groups in total. The summed E-state index contributed by atoms with van der Waals surface area (Å²) >= 11 is 0. The van der Waals surface area contributed by atoms with Crippen LogP contribution in [-0.2, 0) is 0 Å². The summed E-state index contributed by atoms with van der Waals surface area (Å²) in [5.41, 5.74) is 2.44. The molecule has 1 unspecified atom stereocenters. The van der Waals surface area contributed by atoms with Gasteiger partial charge in [0, 0.05) is 6.04 Å². The molecule has 4 heteroatoms. The Balaban J connectivity index is 1.94. The van der Waals surface area contributed by atoms with Crippen molar-refractivity contribution in [1.82, 2.24) is 5.32 Å². The van der Waals surface area contributed by atoms with Crippen molar-refractivity contribution in [2.45, 2.75) is 31.4 Å². The molecule has 16 heavy (non-hydrogen) atoms. The highest BCUT2D eigenvalue weighted by molar-refractivity contribution is 5.44. The van der Waals surface area contributed by atoms with Gasteiger partial charge in [-0.2, -0.15) is 8.78 Å². The molecule has 86 valence electrons. The SMILES string of the molecule is FC(F)Oc1ccc2c(c1)C1CCN[C@H]2C1. The molecule has 2 bridgehead atoms. The maximum absolute atomic E-state index is 12.1. The van der Waals surface area contributed by atoms with Crippen molar-refractivity contribution in [2.24, 2.45) is 0 Å². The van der Waals surface area contributed by atoms with E-state index in [1.165, 1.54) is 11.1 Å². The fraction of sp³-hybridized carbons (Fsp3) is 0.500. The van der Waals surface area contributed by atoms with Gasteiger partial charge in [-0.15, -0.1) is 0 Å². The average molecular weight is 225 g/mol. The molecule has 1 fully saturated rings. The summed E-state index contributed by atoms with van der Waals surface area (Å²) in [6.45, 7) is -1.73. The van der Waals surface area contributed by atoms with Crippen LogP contribution in [0.5, 0.6) is 5.75 Å². The van der Waals surface area contributed by atoms with Crippen LogP contribution in [0.25, 0.3) is 0 Å². The number of halogens is 2. The number of piperidine rings is 1. The van der Waals surface area contributed by atoms with Gasteiger partial charge in [0.25, 0.3) is 0 Å². The molecule has 1 aliphatic carbocycles. The van der Waals surface area contributed by atoms with Crippen molar-refractivity contribution in [3.63, 3.8) is 0 Å². The molecule has 0 saturated carbocycles. The number of benzene rings is 1. The van der Waals surface area contributed by atoms with E-state index < -0.39 is 6.61 Å². The first-order valence-corrected chi connectivity index (χ1v) is 5.56. The van der Waals surface area contributed by atoms with Gasteiger partial charge in [0.1, 0.15) is 5.75 Å². The summed E-state index contributed by atoms with van der Waals surface area (Å²) in [7, 11) is 0. The lowest BCUT2D eigenvalue weighted by Gasteiger charge is -2.20. The van der Waals surface area contributed by atoms with Crippen LogP contribution in [0.15, 0.2) is 18.2 Å². The summed E-state index contributed by atoms with van der Waals surface area (Å²) in [6.07, 6.45) is 2.18. The van der Waals surface area contributed by atoms with Gasteiger partial charge in [-0.05, 0) is 48.6 Å². The van der Waals surface area contributed by atoms with Gasteiger partial charge < -0.3 is 10.1 Å². The smallest absolute Gasteiger partial charge is 0.387 e. The highest BCUT2D eigenvalue weighted by atomic mass is 19.3. The Kier molecular flexibility index (Phi) is 2.32. The van der Waals surface area contributed by atoms with Crippen LogP contribution in [0, 0.1) is 0 Å². The van der Waals surface area contributed by atoms with Crippen LogP contribution in [0.2, 0.25) is 0 Å². The normalized spacial score (nSPS) is 26.9. The van der Waals surface area contributed by atoms with Crippen LogP contribution in [-0.4, -0.2) is 13.2 Å². The summed E-state index contributed by atoms with van der Waals surface area (Å²) in [4.78, 5) is 0. The highest BCUT2D eigenvalue weighted by Crippen LogP contribution is 2.45. The van der Waals surface area contributed by atoms with E-state index in [0.29, 0.717) is 12.0 Å². The largest absolute Gasteiger partial charge is 0.435 e. The zero-order chi connectivity index (χ0) is 11.1. The minimum Gasteiger partial charge on any atom is -0.435 e. The summed E-state index contributed by atoms with van der Waals surface area (Å²) in [6, 6.07) is 5.73. The van der Waals surface area contributed by atoms with Crippen LogP contribution in [0.3, 0.4) is 0 Å². The van der Waals surface area contributed by atoms with Crippen molar-refractivity contribution in [1.29, 1.82) is 0 Å². The van der Waals surface area contributed by atoms with Crippen molar-refractivity contribution >= 4 is 0 Å². The van der Waals surface area contributed by atoms with Crippen molar-refractivity contribution in [3.05, 3.63) is 29.3 Å². The van der Waals surface area contributed by atoms with Crippen LogP contribution < -0.4 is 10.1 Å². The molecule has 0 radical (unpaired) electrons. The summed E-state index contributed by atoms with van der Waals surface area (Å²) in [5.74, 6) is 0.795. The van der Waals surface area contributed by atoms with Gasteiger partial charge in [-0.25, -0.2) is 0 Å². The fourth-order valence-corrected chi connectivity index (χ4v) is 2.84. The third kappa shape index (κ3) is 1.57. The molecule has 1 aliphatic heterocycles. The lowest BCUT2D eigenvalue weighted by atomic mass is 9.96. The number of rotatable bonds is 2. The minimum atomic E-state index is -2.74. The molecule has 0 aromatic heterocycles. The van der Waals surface area contributed by atoms with Crippen molar-refractivity contribution in [3.8, 4) is 5.75 Å². The number of hydrogen-bond donors (Lipinski definition) is 1. The average Bonchev–Trinajstić information content (AvgIpc) is 2.50. The fourth-order valence-electron chi connectivity index (χ4n) is 2.84. The van der Waals surface area contributed by atoms with E-state index in [9.17, 15) is 8.78 Å². The molecule has 0 spiro atoms. The van der Waals surface area contributed by atoms with Gasteiger partial charge >= 0.3 is 6.61 Å². The number of fused-ring (bicyclic) bond motifs is 5. The topological polar surface area (TPSA) is 21.3 Å². The highest BCUT2D eigenvalue weighted by Gasteiger charge is 2.34. The molecule has 2 atom stereocenters. The quantitative estimate of drug-likeness (QED) is 0.835. The third-order valence-electron chi connectivity index (χ3n) is 3.50. The first-order valence-electron chi connectivity index (χ1n) is 5.56. The van der Waals surface area contributed by atoms with E-state index in [1.807, 2.05) is 6.07 Å². The maximum Gasteiger partial charge on any atom is 0.387 e. The third-order valence-corrected chi connectivity index (χ3v) is 3.50. The molecule has 2 aliphatic rings. The van der Waals surface area contributed by atoms with E-state index in [0.717, 1.165) is 19.4 Å². The van der Waals surface area contributed by atoms with Crippen molar-refractivity contribution in [2.75, 3.05) is 6.54 Å². The van der Waals surface area contributed by atoms with E-state index in [-0.39, 0.29) is 5.75 Å². The second-order valence-corrected chi connectivity index (χ2v) is 4.40. The zero-order valence-corrected chi connectivity index (χ0v) is 8.75. The van der Waals surface area contributed by atoms with Gasteiger partial charge in [0.15, 0.2) is 0 Å². The lowest BCUT2D eigenvalue weighted by molar-refractivity contribution is -0.0498. The molecular weight excluding hydrogens is 212 g/mol. The van der Waals surface area contributed by atoms with Crippen LogP contribution in [0.1, 0.15) is 35.9 Å². The lowest BCUT2D eigenvalue weighted by Crippen LogP contribution is -2.24.